The fraction of sp³-hybridized carbons (Fsp3) is 0.429. The van der Waals surface area contributed by atoms with Crippen molar-refractivity contribution < 1.29 is 38.0 Å². The van der Waals surface area contributed by atoms with Crippen molar-refractivity contribution >= 4 is 11.8 Å². The highest BCUT2D eigenvalue weighted by atomic mass is 16.6. The number of ketones is 1. The van der Waals surface area contributed by atoms with Gasteiger partial charge in [0, 0.05) is 6.42 Å². The highest BCUT2D eigenvalue weighted by molar-refractivity contribution is 5.96. The maximum absolute atomic E-state index is 13.2. The van der Waals surface area contributed by atoms with E-state index in [-0.39, 0.29) is 41.1 Å². The number of Topliss-reactive ketones (excluding diaryl/α,β-unsaturated/α-hetero) is 1. The van der Waals surface area contributed by atoms with E-state index in [0.29, 0.717) is 42.3 Å². The molecular formula is C28H32O8. The Hall–Kier alpha value is -3.68. The van der Waals surface area contributed by atoms with Gasteiger partial charge >= 0.3 is 5.97 Å². The Morgan fingerprint density at radius 3 is 2.31 bits per heavy atom. The van der Waals surface area contributed by atoms with Crippen molar-refractivity contribution in [2.45, 2.75) is 51.2 Å². The van der Waals surface area contributed by atoms with E-state index in [4.69, 9.17) is 28.4 Å². The van der Waals surface area contributed by atoms with Crippen LogP contribution in [-0.2, 0) is 14.3 Å². The number of carbonyl (C=O) groups excluding carboxylic acids is 2. The second-order valence-corrected chi connectivity index (χ2v) is 9.18. The molecule has 2 aromatic rings. The van der Waals surface area contributed by atoms with E-state index in [2.05, 4.69) is 13.8 Å². The van der Waals surface area contributed by atoms with Crippen molar-refractivity contribution in [2.75, 3.05) is 21.3 Å². The minimum Gasteiger partial charge on any atom is -0.493 e. The number of esters is 1. The Morgan fingerprint density at radius 1 is 0.972 bits per heavy atom. The maximum atomic E-state index is 13.2. The maximum Gasteiger partial charge on any atom is 0.338 e. The number of para-hydroxylation sites is 1. The number of ether oxygens (including phenoxy) is 6. The molecule has 3 atom stereocenters. The SMILES string of the molecule is COc1cc(C(=O)OC2CCC3C(=O)C(Oc4ccccc4C(C)C)=COC3C2)cc(OC)c1OC. The Kier molecular flexibility index (Phi) is 7.72. The van der Waals surface area contributed by atoms with Crippen molar-refractivity contribution in [3.05, 3.63) is 59.5 Å². The van der Waals surface area contributed by atoms with Gasteiger partial charge < -0.3 is 28.4 Å². The zero-order valence-corrected chi connectivity index (χ0v) is 21.2. The van der Waals surface area contributed by atoms with Gasteiger partial charge in [-0.3, -0.25) is 4.79 Å². The molecule has 1 saturated carbocycles. The predicted octanol–water partition coefficient (Wildman–Crippen LogP) is 5.05. The Morgan fingerprint density at radius 2 is 1.67 bits per heavy atom. The van der Waals surface area contributed by atoms with Gasteiger partial charge in [0.25, 0.3) is 0 Å². The van der Waals surface area contributed by atoms with Crippen molar-refractivity contribution in [1.82, 2.24) is 0 Å². The summed E-state index contributed by atoms with van der Waals surface area (Å²) in [6, 6.07) is 10.8. The first-order chi connectivity index (χ1) is 17.4. The molecule has 1 aliphatic heterocycles. The summed E-state index contributed by atoms with van der Waals surface area (Å²) >= 11 is 0. The second kappa shape index (κ2) is 10.9. The number of methoxy groups -OCH3 is 3. The lowest BCUT2D eigenvalue weighted by molar-refractivity contribution is -0.132. The van der Waals surface area contributed by atoms with Crippen molar-refractivity contribution in [3.63, 3.8) is 0 Å². The standard InChI is InChI=1S/C28H32O8/c1-16(2)19-8-6-7-9-21(19)36-25-15-34-22-14-18(10-11-20(22)26(25)29)35-28(30)17-12-23(31-3)27(33-5)24(13-17)32-4/h6-9,12-13,15-16,18,20,22H,10-11,14H2,1-5H3. The third-order valence-electron chi connectivity index (χ3n) is 6.61. The molecule has 36 heavy (non-hydrogen) atoms. The van der Waals surface area contributed by atoms with Crippen LogP contribution in [0.25, 0.3) is 0 Å². The molecule has 192 valence electrons. The average molecular weight is 497 g/mol. The summed E-state index contributed by atoms with van der Waals surface area (Å²) < 4.78 is 33.6. The average Bonchev–Trinajstić information content (AvgIpc) is 2.89. The molecule has 0 N–H and O–H groups in total. The molecule has 2 aliphatic rings. The molecule has 1 aliphatic carbocycles. The van der Waals surface area contributed by atoms with Crippen LogP contribution in [0.1, 0.15) is 54.9 Å². The molecule has 0 aromatic heterocycles. The molecule has 8 heteroatoms. The van der Waals surface area contributed by atoms with Gasteiger partial charge in [0.2, 0.25) is 17.3 Å². The molecule has 0 amide bonds. The minimum atomic E-state index is -0.510. The van der Waals surface area contributed by atoms with Crippen LogP contribution >= 0.6 is 0 Å². The van der Waals surface area contributed by atoms with Gasteiger partial charge in [0.05, 0.1) is 32.8 Å². The normalized spacial score (nSPS) is 21.1. The van der Waals surface area contributed by atoms with Crippen LogP contribution in [0.4, 0.5) is 0 Å². The Balaban J connectivity index is 1.43. The smallest absolute Gasteiger partial charge is 0.338 e. The predicted molar refractivity (Wildman–Crippen MR) is 132 cm³/mol. The number of hydrogen-bond donors (Lipinski definition) is 0. The summed E-state index contributed by atoms with van der Waals surface area (Å²) in [6.07, 6.45) is 2.12. The van der Waals surface area contributed by atoms with Crippen LogP contribution in [0.5, 0.6) is 23.0 Å². The highest BCUT2D eigenvalue weighted by Gasteiger charge is 2.42. The Bertz CT molecular complexity index is 1130. The molecule has 4 rings (SSSR count). The van der Waals surface area contributed by atoms with E-state index in [1.54, 1.807) is 12.1 Å². The monoisotopic (exact) mass is 496 g/mol. The first-order valence-corrected chi connectivity index (χ1v) is 12.0. The summed E-state index contributed by atoms with van der Waals surface area (Å²) in [6.45, 7) is 4.15. The molecule has 0 radical (unpaired) electrons. The molecule has 2 aromatic carbocycles. The van der Waals surface area contributed by atoms with Crippen LogP contribution in [0.2, 0.25) is 0 Å². The summed E-state index contributed by atoms with van der Waals surface area (Å²) in [5.74, 6) is 1.31. The van der Waals surface area contributed by atoms with E-state index >= 15 is 0 Å². The minimum absolute atomic E-state index is 0.0841. The fourth-order valence-corrected chi connectivity index (χ4v) is 4.70. The third kappa shape index (κ3) is 5.12. The highest BCUT2D eigenvalue weighted by Crippen LogP contribution is 2.40. The number of fused-ring (bicyclic) bond motifs is 1. The van der Waals surface area contributed by atoms with Gasteiger partial charge in [0.1, 0.15) is 24.2 Å². The quantitative estimate of drug-likeness (QED) is 0.469. The van der Waals surface area contributed by atoms with Gasteiger partial charge in [-0.25, -0.2) is 4.79 Å². The number of benzene rings is 2. The summed E-state index contributed by atoms with van der Waals surface area (Å²) in [4.78, 5) is 26.1. The number of allylic oxidation sites excluding steroid dienone is 1. The molecule has 8 nitrogen and oxygen atoms in total. The summed E-state index contributed by atoms with van der Waals surface area (Å²) in [5, 5.41) is 0. The van der Waals surface area contributed by atoms with Gasteiger partial charge in [0.15, 0.2) is 11.5 Å². The topological polar surface area (TPSA) is 89.5 Å². The molecule has 1 fully saturated rings. The van der Waals surface area contributed by atoms with Gasteiger partial charge in [-0.15, -0.1) is 0 Å². The van der Waals surface area contributed by atoms with Crippen LogP contribution in [0.3, 0.4) is 0 Å². The molecule has 0 saturated heterocycles. The van der Waals surface area contributed by atoms with Gasteiger partial charge in [-0.05, 0) is 42.5 Å². The molecule has 1 heterocycles. The zero-order chi connectivity index (χ0) is 25.8. The lowest BCUT2D eigenvalue weighted by Crippen LogP contribution is -2.43. The largest absolute Gasteiger partial charge is 0.493 e. The lowest BCUT2D eigenvalue weighted by atomic mass is 9.80. The second-order valence-electron chi connectivity index (χ2n) is 9.18. The van der Waals surface area contributed by atoms with E-state index in [0.717, 1.165) is 5.56 Å². The molecule has 0 spiro atoms. The molecule has 3 unspecified atom stereocenters. The fourth-order valence-electron chi connectivity index (χ4n) is 4.70. The lowest BCUT2D eigenvalue weighted by Gasteiger charge is -2.37. The molecular weight excluding hydrogens is 464 g/mol. The van der Waals surface area contributed by atoms with E-state index < -0.39 is 5.97 Å². The van der Waals surface area contributed by atoms with Crippen LogP contribution < -0.4 is 18.9 Å². The van der Waals surface area contributed by atoms with Crippen LogP contribution in [0, 0.1) is 5.92 Å². The van der Waals surface area contributed by atoms with Crippen LogP contribution in [0.15, 0.2) is 48.4 Å². The van der Waals surface area contributed by atoms with Crippen molar-refractivity contribution in [2.24, 2.45) is 5.92 Å². The van der Waals surface area contributed by atoms with Crippen molar-refractivity contribution in [1.29, 1.82) is 0 Å². The third-order valence-corrected chi connectivity index (χ3v) is 6.61. The number of carbonyl (C=O) groups is 2. The van der Waals surface area contributed by atoms with Crippen LogP contribution in [-0.4, -0.2) is 45.3 Å². The molecule has 0 bridgehead atoms. The number of hydrogen-bond acceptors (Lipinski definition) is 8. The summed E-state index contributed by atoms with van der Waals surface area (Å²) in [7, 11) is 4.46. The zero-order valence-electron chi connectivity index (χ0n) is 21.2. The van der Waals surface area contributed by atoms with Crippen molar-refractivity contribution in [3.8, 4) is 23.0 Å². The first kappa shape index (κ1) is 25.4. The Labute approximate surface area is 211 Å². The summed E-state index contributed by atoms with van der Waals surface area (Å²) in [5.41, 5.74) is 1.31. The van der Waals surface area contributed by atoms with E-state index in [1.165, 1.54) is 27.6 Å². The van der Waals surface area contributed by atoms with E-state index in [1.807, 2.05) is 24.3 Å². The number of rotatable bonds is 8. The first-order valence-electron chi connectivity index (χ1n) is 12.0. The van der Waals surface area contributed by atoms with Gasteiger partial charge in [-0.2, -0.15) is 0 Å². The van der Waals surface area contributed by atoms with E-state index in [9.17, 15) is 9.59 Å². The van der Waals surface area contributed by atoms with Gasteiger partial charge in [-0.1, -0.05) is 32.0 Å².